The first kappa shape index (κ1) is 21.4. The van der Waals surface area contributed by atoms with E-state index in [-0.39, 0.29) is 29.6 Å². The number of aromatic nitrogens is 1. The van der Waals surface area contributed by atoms with Gasteiger partial charge in [0.15, 0.2) is 17.8 Å². The summed E-state index contributed by atoms with van der Waals surface area (Å²) in [7, 11) is 0. The van der Waals surface area contributed by atoms with E-state index in [2.05, 4.69) is 4.98 Å². The first-order chi connectivity index (χ1) is 16.0. The number of amides is 2. The number of carbonyl (C=O) groups excluding carboxylic acids is 2. The molecule has 2 atom stereocenters. The van der Waals surface area contributed by atoms with Crippen molar-refractivity contribution in [1.29, 1.82) is 0 Å². The van der Waals surface area contributed by atoms with Crippen LogP contribution in [-0.2, 0) is 11.3 Å². The number of hydrogen-bond donors (Lipinski definition) is 0. The predicted molar refractivity (Wildman–Crippen MR) is 121 cm³/mol. The summed E-state index contributed by atoms with van der Waals surface area (Å²) in [5, 5.41) is 0. The van der Waals surface area contributed by atoms with Gasteiger partial charge >= 0.3 is 0 Å². The van der Waals surface area contributed by atoms with Gasteiger partial charge in [-0.05, 0) is 49.4 Å². The maximum atomic E-state index is 13.7. The van der Waals surface area contributed by atoms with Gasteiger partial charge < -0.3 is 14.2 Å². The molecule has 0 spiro atoms. The molecule has 2 aliphatic rings. The van der Waals surface area contributed by atoms with Gasteiger partial charge in [-0.15, -0.1) is 0 Å². The average molecular weight is 448 g/mol. The van der Waals surface area contributed by atoms with Gasteiger partial charge in [-0.3, -0.25) is 9.59 Å². The molecular formula is C26H26FN3O3. The summed E-state index contributed by atoms with van der Waals surface area (Å²) >= 11 is 0. The van der Waals surface area contributed by atoms with E-state index in [9.17, 15) is 14.0 Å². The van der Waals surface area contributed by atoms with Crippen molar-refractivity contribution in [2.75, 3.05) is 13.1 Å². The molecule has 7 heteroatoms. The number of carbonyl (C=O) groups is 2. The molecule has 0 bridgehead atoms. The molecule has 2 fully saturated rings. The summed E-state index contributed by atoms with van der Waals surface area (Å²) in [6, 6.07) is 14.0. The fourth-order valence-corrected chi connectivity index (χ4v) is 5.08. The molecular weight excluding hydrogens is 421 g/mol. The maximum absolute atomic E-state index is 13.7. The van der Waals surface area contributed by atoms with Crippen molar-refractivity contribution in [2.24, 2.45) is 5.92 Å². The van der Waals surface area contributed by atoms with Crippen LogP contribution in [0.2, 0.25) is 0 Å². The highest BCUT2D eigenvalue weighted by Crippen LogP contribution is 2.33. The van der Waals surface area contributed by atoms with E-state index in [1.807, 2.05) is 42.2 Å². The molecule has 2 aromatic carbocycles. The molecule has 0 aliphatic carbocycles. The largest absolute Gasteiger partial charge is 0.443 e. The Balaban J connectivity index is 1.39. The van der Waals surface area contributed by atoms with E-state index in [0.29, 0.717) is 37.5 Å². The van der Waals surface area contributed by atoms with Crippen LogP contribution in [0.5, 0.6) is 0 Å². The number of nitrogens with zero attached hydrogens (tertiary/aromatic N) is 3. The van der Waals surface area contributed by atoms with Crippen LogP contribution >= 0.6 is 0 Å². The molecule has 3 aromatic rings. The topological polar surface area (TPSA) is 66.7 Å². The SMILES string of the molecule is Cc1cccc(-c2ocnc2C(=O)N2CC3CCCC(=O)N(Cc4cccc(F)c4)C3C2)c1. The molecule has 0 saturated carbocycles. The molecule has 6 nitrogen and oxygen atoms in total. The van der Waals surface area contributed by atoms with E-state index in [1.54, 1.807) is 11.0 Å². The second kappa shape index (κ2) is 8.81. The van der Waals surface area contributed by atoms with Crippen LogP contribution in [0.1, 0.15) is 40.9 Å². The van der Waals surface area contributed by atoms with Crippen LogP contribution in [0.4, 0.5) is 4.39 Å². The number of benzene rings is 2. The summed E-state index contributed by atoms with van der Waals surface area (Å²) < 4.78 is 19.3. The van der Waals surface area contributed by atoms with Gasteiger partial charge in [0.05, 0.1) is 6.04 Å². The van der Waals surface area contributed by atoms with Crippen LogP contribution in [0.3, 0.4) is 0 Å². The van der Waals surface area contributed by atoms with Crippen molar-refractivity contribution in [3.63, 3.8) is 0 Å². The Hall–Kier alpha value is -3.48. The van der Waals surface area contributed by atoms with E-state index in [1.165, 1.54) is 18.5 Å². The van der Waals surface area contributed by atoms with Crippen LogP contribution in [0, 0.1) is 18.7 Å². The van der Waals surface area contributed by atoms with E-state index in [4.69, 9.17) is 4.42 Å². The number of likely N-dealkylation sites (tertiary alicyclic amines) is 2. The summed E-state index contributed by atoms with van der Waals surface area (Å²) in [6.45, 7) is 3.33. The molecule has 2 amide bonds. The Morgan fingerprint density at radius 2 is 2.03 bits per heavy atom. The van der Waals surface area contributed by atoms with Gasteiger partial charge in [-0.2, -0.15) is 0 Å². The molecule has 2 aliphatic heterocycles. The number of aryl methyl sites for hydroxylation is 1. The van der Waals surface area contributed by atoms with Gasteiger partial charge in [-0.1, -0.05) is 35.9 Å². The third-order valence-electron chi connectivity index (χ3n) is 6.67. The lowest BCUT2D eigenvalue weighted by atomic mass is 9.98. The van der Waals surface area contributed by atoms with E-state index >= 15 is 0 Å². The molecule has 0 N–H and O–H groups in total. The monoisotopic (exact) mass is 447 g/mol. The van der Waals surface area contributed by atoms with Crippen molar-refractivity contribution in [3.05, 3.63) is 77.6 Å². The number of rotatable bonds is 4. The zero-order valence-electron chi connectivity index (χ0n) is 18.5. The summed E-state index contributed by atoms with van der Waals surface area (Å²) in [5.41, 5.74) is 2.93. The van der Waals surface area contributed by atoms with Gasteiger partial charge in [0.1, 0.15) is 5.82 Å². The minimum absolute atomic E-state index is 0.0583. The van der Waals surface area contributed by atoms with Crippen LogP contribution in [0.15, 0.2) is 59.3 Å². The third-order valence-corrected chi connectivity index (χ3v) is 6.67. The van der Waals surface area contributed by atoms with Crippen molar-refractivity contribution < 1.29 is 18.4 Å². The van der Waals surface area contributed by atoms with Crippen molar-refractivity contribution in [3.8, 4) is 11.3 Å². The maximum Gasteiger partial charge on any atom is 0.276 e. The minimum atomic E-state index is -0.316. The second-order valence-corrected chi connectivity index (χ2v) is 8.98. The average Bonchev–Trinajstić information content (AvgIpc) is 3.42. The summed E-state index contributed by atoms with van der Waals surface area (Å²) in [5.74, 6) is 0.199. The molecule has 33 heavy (non-hydrogen) atoms. The molecule has 1 aromatic heterocycles. The Bertz CT molecular complexity index is 1190. The number of oxazole rings is 1. The van der Waals surface area contributed by atoms with E-state index < -0.39 is 0 Å². The van der Waals surface area contributed by atoms with Gasteiger partial charge in [-0.25, -0.2) is 9.37 Å². The second-order valence-electron chi connectivity index (χ2n) is 8.98. The standard InChI is InChI=1S/C26H26FN3O3/c1-17-5-2-7-19(11-17)25-24(28-16-33-25)26(32)29-14-20-8-4-10-23(31)30(22(20)15-29)13-18-6-3-9-21(27)12-18/h2-3,5-7,9,11-12,16,20,22H,4,8,10,13-15H2,1H3. The molecule has 2 unspecified atom stereocenters. The number of hydrogen-bond acceptors (Lipinski definition) is 4. The zero-order chi connectivity index (χ0) is 22.9. The summed E-state index contributed by atoms with van der Waals surface area (Å²) in [6.07, 6.45) is 3.46. The van der Waals surface area contributed by atoms with Crippen LogP contribution < -0.4 is 0 Å². The van der Waals surface area contributed by atoms with Gasteiger partial charge in [0.25, 0.3) is 5.91 Å². The molecule has 5 rings (SSSR count). The zero-order valence-corrected chi connectivity index (χ0v) is 18.5. The Morgan fingerprint density at radius 3 is 2.85 bits per heavy atom. The van der Waals surface area contributed by atoms with E-state index in [0.717, 1.165) is 29.5 Å². The summed E-state index contributed by atoms with van der Waals surface area (Å²) in [4.78, 5) is 34.2. The Morgan fingerprint density at radius 1 is 1.18 bits per heavy atom. The van der Waals surface area contributed by atoms with Crippen LogP contribution in [0.25, 0.3) is 11.3 Å². The van der Waals surface area contributed by atoms with Crippen molar-refractivity contribution in [1.82, 2.24) is 14.8 Å². The quantitative estimate of drug-likeness (QED) is 0.593. The fraction of sp³-hybridized carbons (Fsp3) is 0.346. The smallest absolute Gasteiger partial charge is 0.276 e. The normalized spacial score (nSPS) is 20.6. The van der Waals surface area contributed by atoms with Gasteiger partial charge in [0, 0.05) is 31.6 Å². The predicted octanol–water partition coefficient (Wildman–Crippen LogP) is 4.44. The molecule has 2 saturated heterocycles. The highest BCUT2D eigenvalue weighted by atomic mass is 19.1. The number of fused-ring (bicyclic) bond motifs is 1. The fourth-order valence-electron chi connectivity index (χ4n) is 5.08. The third kappa shape index (κ3) is 4.27. The molecule has 170 valence electrons. The Kier molecular flexibility index (Phi) is 5.70. The van der Waals surface area contributed by atoms with Crippen LogP contribution in [-0.4, -0.2) is 45.7 Å². The highest BCUT2D eigenvalue weighted by Gasteiger charge is 2.42. The minimum Gasteiger partial charge on any atom is -0.443 e. The molecule has 0 radical (unpaired) electrons. The van der Waals surface area contributed by atoms with Crippen molar-refractivity contribution in [2.45, 2.75) is 38.8 Å². The van der Waals surface area contributed by atoms with Crippen molar-refractivity contribution >= 4 is 11.8 Å². The lowest BCUT2D eigenvalue weighted by molar-refractivity contribution is -0.133. The lowest BCUT2D eigenvalue weighted by Crippen LogP contribution is -2.43. The van der Waals surface area contributed by atoms with Gasteiger partial charge in [0.2, 0.25) is 5.91 Å². The highest BCUT2D eigenvalue weighted by molar-refractivity contribution is 5.98. The first-order valence-corrected chi connectivity index (χ1v) is 11.3. The lowest BCUT2D eigenvalue weighted by Gasteiger charge is -2.30. The number of halogens is 1. The molecule has 3 heterocycles. The first-order valence-electron chi connectivity index (χ1n) is 11.3. The Labute approximate surface area is 192 Å².